The van der Waals surface area contributed by atoms with Crippen molar-refractivity contribution in [2.45, 2.75) is 33.6 Å². The molecule has 11 rings (SSSR count). The van der Waals surface area contributed by atoms with Crippen LogP contribution < -0.4 is 9.30 Å². The summed E-state index contributed by atoms with van der Waals surface area (Å²) in [5.41, 5.74) is 6.90. The van der Waals surface area contributed by atoms with E-state index < -0.39 is 60.4 Å². The molecule has 3 heterocycles. The molecule has 0 radical (unpaired) electrons. The van der Waals surface area contributed by atoms with E-state index in [-0.39, 0.29) is 39.3 Å². The third-order valence-electron chi connectivity index (χ3n) is 12.3. The van der Waals surface area contributed by atoms with E-state index >= 15 is 0 Å². The van der Waals surface area contributed by atoms with Crippen molar-refractivity contribution in [3.63, 3.8) is 0 Å². The number of benzene rings is 8. The molecule has 5 heteroatoms. The molecule has 0 aliphatic carbocycles. The van der Waals surface area contributed by atoms with E-state index in [0.29, 0.717) is 28.2 Å². The highest BCUT2D eigenvalue weighted by Crippen LogP contribution is 2.39. The summed E-state index contributed by atoms with van der Waals surface area (Å²) < 4.78 is 101. The van der Waals surface area contributed by atoms with Crippen LogP contribution in [0, 0.1) is 11.7 Å². The summed E-state index contributed by atoms with van der Waals surface area (Å²) in [6.45, 7) is 8.96. The Hall–Kier alpha value is -8.02. The molecule has 0 spiro atoms. The number of pyridine rings is 1. The number of rotatable bonds is 9. The molecule has 1 atom stereocenters. The van der Waals surface area contributed by atoms with Crippen LogP contribution in [0.2, 0.25) is 0 Å². The van der Waals surface area contributed by atoms with Crippen LogP contribution >= 0.6 is 0 Å². The lowest BCUT2D eigenvalue weighted by Gasteiger charge is -2.27. The summed E-state index contributed by atoms with van der Waals surface area (Å²) in [4.78, 5) is 4.89. The van der Waals surface area contributed by atoms with Crippen LogP contribution in [0.1, 0.15) is 52.9 Å². The maximum atomic E-state index is 9.15. The van der Waals surface area contributed by atoms with Crippen molar-refractivity contribution in [2.24, 2.45) is 5.41 Å². The van der Waals surface area contributed by atoms with Crippen molar-refractivity contribution in [1.29, 1.82) is 0 Å². The molecule has 65 heavy (non-hydrogen) atoms. The van der Waals surface area contributed by atoms with Gasteiger partial charge in [-0.2, -0.15) is 0 Å². The summed E-state index contributed by atoms with van der Waals surface area (Å²) in [6.07, 6.45) is 5.39. The lowest BCUT2D eigenvalue weighted by Crippen LogP contribution is -2.31. The van der Waals surface area contributed by atoms with E-state index in [1.807, 2.05) is 108 Å². The second-order valence-electron chi connectivity index (χ2n) is 17.2. The van der Waals surface area contributed by atoms with Crippen molar-refractivity contribution in [3.8, 4) is 62.1 Å². The third kappa shape index (κ3) is 7.35. The smallest absolute Gasteiger partial charge is 0.269 e. The summed E-state index contributed by atoms with van der Waals surface area (Å²) in [6, 6.07) is 41.2. The molecule has 0 N–H and O–H groups in total. The lowest BCUT2D eigenvalue weighted by atomic mass is 9.78. The molecule has 11 aromatic rings. The van der Waals surface area contributed by atoms with E-state index in [2.05, 4.69) is 68.9 Å². The molecule has 0 aliphatic rings. The molecule has 0 bridgehead atoms. The van der Waals surface area contributed by atoms with E-state index in [1.54, 1.807) is 22.8 Å². The topological polar surface area (TPSA) is 35.9 Å². The first-order valence-electron chi connectivity index (χ1n) is 26.5. The van der Waals surface area contributed by atoms with Gasteiger partial charge in [-0.1, -0.05) is 173 Å². The standard InChI is InChI=1S/C60H48N4O/c1-41(60(2,3)4)45-34-35-61-58(37-45)64-54-29-15-14-26-52(54)53-32-31-49(39-56(53)64)65-48-25-16-24-47(38-48)62-40-63(57-36-46(30-33-55(57)62)42-18-8-5-9-19-42)59-50(43-20-10-6-11-21-43)27-17-28-51(59)44-22-12-7-13-23-44/h5-39,41H,1-4H3/i6D,7D,10D,11D,12D,13D,20D,21D,22D,23D. The van der Waals surface area contributed by atoms with Gasteiger partial charge in [-0.25, -0.2) is 4.98 Å². The largest absolute Gasteiger partial charge is 0.458 e. The highest BCUT2D eigenvalue weighted by molar-refractivity contribution is 6.09. The Morgan fingerprint density at radius 2 is 1.26 bits per heavy atom. The Morgan fingerprint density at radius 1 is 0.585 bits per heavy atom. The van der Waals surface area contributed by atoms with Crippen LogP contribution in [-0.4, -0.2) is 14.1 Å². The summed E-state index contributed by atoms with van der Waals surface area (Å²) in [5, 5.41) is 2.13. The first-order chi connectivity index (χ1) is 35.9. The molecule has 5 nitrogen and oxygen atoms in total. The van der Waals surface area contributed by atoms with Gasteiger partial charge in [0.25, 0.3) is 6.33 Å². The molecule has 3 aromatic heterocycles. The van der Waals surface area contributed by atoms with Crippen LogP contribution in [0.4, 0.5) is 0 Å². The van der Waals surface area contributed by atoms with Crippen molar-refractivity contribution in [1.82, 2.24) is 14.1 Å². The first-order valence-corrected chi connectivity index (χ1v) is 21.5. The molecule has 0 fully saturated rings. The van der Waals surface area contributed by atoms with E-state index in [9.17, 15) is 0 Å². The highest BCUT2D eigenvalue weighted by Gasteiger charge is 2.24. The van der Waals surface area contributed by atoms with Crippen LogP contribution in [0.3, 0.4) is 0 Å². The van der Waals surface area contributed by atoms with Gasteiger partial charge in [0, 0.05) is 23.0 Å². The van der Waals surface area contributed by atoms with E-state index in [0.717, 1.165) is 38.8 Å². The van der Waals surface area contributed by atoms with Gasteiger partial charge < -0.3 is 4.74 Å². The molecule has 0 saturated carbocycles. The zero-order chi connectivity index (χ0) is 52.8. The second kappa shape index (κ2) is 16.3. The fraction of sp³-hybridized carbons (Fsp3) is 0.100. The molecular weight excluding hydrogens is 793 g/mol. The molecule has 314 valence electrons. The average molecular weight is 851 g/mol. The van der Waals surface area contributed by atoms with Crippen LogP contribution in [0.5, 0.6) is 11.5 Å². The zero-order valence-corrected chi connectivity index (χ0v) is 36.2. The van der Waals surface area contributed by atoms with Crippen molar-refractivity contribution >= 4 is 32.8 Å². The van der Waals surface area contributed by atoms with E-state index in [1.165, 1.54) is 5.56 Å². The van der Waals surface area contributed by atoms with Gasteiger partial charge >= 0.3 is 0 Å². The minimum Gasteiger partial charge on any atom is -0.458 e. The van der Waals surface area contributed by atoms with Crippen molar-refractivity contribution in [3.05, 3.63) is 224 Å². The molecule has 0 saturated heterocycles. The van der Waals surface area contributed by atoms with Gasteiger partial charge in [-0.3, -0.25) is 13.7 Å². The monoisotopic (exact) mass is 850 g/mol. The quantitative estimate of drug-likeness (QED) is 0.107. The lowest BCUT2D eigenvalue weighted by molar-refractivity contribution is -0.571. The predicted octanol–water partition coefficient (Wildman–Crippen LogP) is 15.1. The minimum absolute atomic E-state index is 0.0424. The first kappa shape index (κ1) is 30.1. The average Bonchev–Trinajstić information content (AvgIpc) is 3.99. The maximum absolute atomic E-state index is 9.15. The van der Waals surface area contributed by atoms with Crippen LogP contribution in [0.25, 0.3) is 83.4 Å². The Bertz CT molecular complexity index is 3980. The van der Waals surface area contributed by atoms with Crippen LogP contribution in [0.15, 0.2) is 212 Å². The van der Waals surface area contributed by atoms with Gasteiger partial charge in [0.2, 0.25) is 0 Å². The van der Waals surface area contributed by atoms with E-state index in [4.69, 9.17) is 23.4 Å². The number of imidazole rings is 1. The fourth-order valence-corrected chi connectivity index (χ4v) is 8.64. The van der Waals surface area contributed by atoms with Gasteiger partial charge in [0.05, 0.1) is 47.1 Å². The summed E-state index contributed by atoms with van der Waals surface area (Å²) >= 11 is 0. The van der Waals surface area contributed by atoms with Gasteiger partial charge in [0.1, 0.15) is 17.3 Å². The minimum atomic E-state index is -0.571. The summed E-state index contributed by atoms with van der Waals surface area (Å²) in [5.74, 6) is 2.17. The van der Waals surface area contributed by atoms with Gasteiger partial charge in [-0.15, -0.1) is 0 Å². The van der Waals surface area contributed by atoms with Gasteiger partial charge in [-0.05, 0) is 105 Å². The second-order valence-corrected chi connectivity index (χ2v) is 17.2. The zero-order valence-electron chi connectivity index (χ0n) is 46.2. The van der Waals surface area contributed by atoms with Crippen molar-refractivity contribution in [2.75, 3.05) is 0 Å². The molecular formula is C60H48N4O. The highest BCUT2D eigenvalue weighted by atomic mass is 16.5. The normalized spacial score (nSPS) is 14.4. The Morgan fingerprint density at radius 3 is 2.00 bits per heavy atom. The number of ether oxygens (including phenoxy) is 1. The Balaban J connectivity index is 1.11. The number of fused-ring (bicyclic) bond motifs is 4. The predicted molar refractivity (Wildman–Crippen MR) is 266 cm³/mol. The maximum Gasteiger partial charge on any atom is 0.269 e. The SMILES string of the molecule is [2H]c1c([2H])c([2H])c(-c2cccc(-c3c([2H])c([2H])c([2H])c([2H])c3[2H])c2-[n+]2[c-]n(-c3cccc(Oc4ccc5c6ccccc6n(-c6cc(C(C)C(C)(C)C)ccn6)c5c4)c3)c3ccc(-c4ccccc4)cc32)c([2H])c1[2H]. The molecule has 0 amide bonds. The fourth-order valence-electron chi connectivity index (χ4n) is 8.64. The molecule has 0 aliphatic heterocycles. The Kier molecular flexibility index (Phi) is 7.54. The number of hydrogen-bond acceptors (Lipinski definition) is 2. The number of nitrogens with zero attached hydrogens (tertiary/aromatic N) is 4. The van der Waals surface area contributed by atoms with Crippen LogP contribution in [-0.2, 0) is 0 Å². The van der Waals surface area contributed by atoms with Crippen molar-refractivity contribution < 1.29 is 23.0 Å². The number of para-hydroxylation sites is 2. The number of hydrogen-bond donors (Lipinski definition) is 0. The number of aromatic nitrogens is 4. The van der Waals surface area contributed by atoms with Gasteiger partial charge in [0.15, 0.2) is 0 Å². The molecule has 1 unspecified atom stereocenters. The Labute approximate surface area is 394 Å². The molecule has 8 aromatic carbocycles. The summed E-state index contributed by atoms with van der Waals surface area (Å²) in [7, 11) is 0. The third-order valence-corrected chi connectivity index (χ3v) is 12.3.